The minimum absolute atomic E-state index is 0.0586. The van der Waals surface area contributed by atoms with Gasteiger partial charge in [-0.15, -0.1) is 0 Å². The van der Waals surface area contributed by atoms with Crippen molar-refractivity contribution in [2.45, 2.75) is 13.0 Å². The number of ether oxygens (including phenoxy) is 2. The molecule has 0 aromatic heterocycles. The van der Waals surface area contributed by atoms with Crippen molar-refractivity contribution in [2.24, 2.45) is 0 Å². The summed E-state index contributed by atoms with van der Waals surface area (Å²) < 4.78 is 10.3. The van der Waals surface area contributed by atoms with E-state index in [9.17, 15) is 19.7 Å². The first-order valence-corrected chi connectivity index (χ1v) is 8.46. The van der Waals surface area contributed by atoms with Crippen LogP contribution in [0.2, 0.25) is 5.02 Å². The number of hydrogen-bond donors (Lipinski definition) is 2. The lowest BCUT2D eigenvalue weighted by Crippen LogP contribution is -2.30. The van der Waals surface area contributed by atoms with Gasteiger partial charge in [0.1, 0.15) is 5.75 Å². The summed E-state index contributed by atoms with van der Waals surface area (Å²) in [5, 5.41) is 16.6. The van der Waals surface area contributed by atoms with Crippen molar-refractivity contribution in [2.75, 3.05) is 24.8 Å². The van der Waals surface area contributed by atoms with E-state index in [1.54, 1.807) is 19.2 Å². The molecule has 0 saturated heterocycles. The quantitative estimate of drug-likeness (QED) is 0.409. The van der Waals surface area contributed by atoms with E-state index < -0.39 is 22.9 Å². The van der Waals surface area contributed by atoms with E-state index in [-0.39, 0.29) is 11.3 Å². The van der Waals surface area contributed by atoms with Crippen LogP contribution in [-0.4, -0.2) is 37.1 Å². The Hall–Kier alpha value is -3.33. The van der Waals surface area contributed by atoms with Crippen molar-refractivity contribution >= 4 is 40.5 Å². The number of methoxy groups -OCH3 is 1. The molecule has 0 radical (unpaired) electrons. The van der Waals surface area contributed by atoms with Crippen LogP contribution in [0.4, 0.5) is 17.1 Å². The largest absolute Gasteiger partial charge is 0.495 e. The van der Waals surface area contributed by atoms with E-state index in [0.29, 0.717) is 22.1 Å². The summed E-state index contributed by atoms with van der Waals surface area (Å²) >= 11 is 5.92. The number of nitro benzene ring substituents is 1. The fraction of sp³-hybridized carbons (Fsp3) is 0.222. The maximum atomic E-state index is 12.4. The first-order chi connectivity index (χ1) is 13.3. The molecule has 28 heavy (non-hydrogen) atoms. The summed E-state index contributed by atoms with van der Waals surface area (Å²) in [6, 6.07) is 8.39. The molecule has 2 aromatic rings. The van der Waals surface area contributed by atoms with Gasteiger partial charge in [-0.1, -0.05) is 11.6 Å². The van der Waals surface area contributed by atoms with E-state index in [0.717, 1.165) is 6.07 Å². The van der Waals surface area contributed by atoms with Gasteiger partial charge >= 0.3 is 5.97 Å². The van der Waals surface area contributed by atoms with Gasteiger partial charge in [-0.25, -0.2) is 4.79 Å². The van der Waals surface area contributed by atoms with Crippen LogP contribution in [0.15, 0.2) is 36.4 Å². The van der Waals surface area contributed by atoms with Gasteiger partial charge < -0.3 is 20.1 Å². The lowest BCUT2D eigenvalue weighted by Gasteiger charge is -2.16. The summed E-state index contributed by atoms with van der Waals surface area (Å²) in [4.78, 5) is 35.1. The molecule has 2 rings (SSSR count). The van der Waals surface area contributed by atoms with Crippen molar-refractivity contribution in [3.63, 3.8) is 0 Å². The van der Waals surface area contributed by atoms with E-state index in [1.165, 1.54) is 32.2 Å². The van der Waals surface area contributed by atoms with Crippen LogP contribution >= 0.6 is 11.6 Å². The van der Waals surface area contributed by atoms with Gasteiger partial charge in [0, 0.05) is 29.9 Å². The lowest BCUT2D eigenvalue weighted by molar-refractivity contribution is -0.384. The van der Waals surface area contributed by atoms with Crippen molar-refractivity contribution in [3.05, 3.63) is 57.1 Å². The number of hydrogen-bond acceptors (Lipinski definition) is 7. The molecule has 1 amide bonds. The molecular weight excluding hydrogens is 390 g/mol. The molecule has 1 atom stereocenters. The Labute approximate surface area is 165 Å². The summed E-state index contributed by atoms with van der Waals surface area (Å²) in [7, 11) is 2.99. The molecule has 10 heteroatoms. The van der Waals surface area contributed by atoms with Gasteiger partial charge in [-0.3, -0.25) is 14.9 Å². The monoisotopic (exact) mass is 407 g/mol. The average Bonchev–Trinajstić information content (AvgIpc) is 2.67. The zero-order chi connectivity index (χ0) is 20.8. The smallest absolute Gasteiger partial charge is 0.341 e. The highest BCUT2D eigenvalue weighted by Crippen LogP contribution is 2.28. The number of nitro groups is 1. The molecular formula is C18H18ClN3O6. The molecule has 0 aliphatic carbocycles. The van der Waals surface area contributed by atoms with E-state index in [2.05, 4.69) is 10.6 Å². The number of rotatable bonds is 7. The summed E-state index contributed by atoms with van der Waals surface area (Å²) in [6.07, 6.45) is -1.18. The Balaban J connectivity index is 2.16. The van der Waals surface area contributed by atoms with E-state index in [1.807, 2.05) is 0 Å². The second-order valence-electron chi connectivity index (χ2n) is 5.62. The molecule has 2 aromatic carbocycles. The molecule has 0 aliphatic heterocycles. The number of benzene rings is 2. The van der Waals surface area contributed by atoms with Crippen LogP contribution in [0.3, 0.4) is 0 Å². The van der Waals surface area contributed by atoms with Crippen LogP contribution in [-0.2, 0) is 9.53 Å². The number of anilines is 2. The highest BCUT2D eigenvalue weighted by Gasteiger charge is 2.23. The van der Waals surface area contributed by atoms with Crippen molar-refractivity contribution in [1.29, 1.82) is 0 Å². The maximum Gasteiger partial charge on any atom is 0.341 e. The van der Waals surface area contributed by atoms with Gasteiger partial charge in [0.15, 0.2) is 6.10 Å². The number of esters is 1. The Morgan fingerprint density at radius 2 is 1.89 bits per heavy atom. The predicted molar refractivity (Wildman–Crippen MR) is 104 cm³/mol. The molecule has 0 bridgehead atoms. The number of carbonyl (C=O) groups excluding carboxylic acids is 2. The molecule has 0 aliphatic rings. The summed E-state index contributed by atoms with van der Waals surface area (Å²) in [5.74, 6) is -1.12. The summed E-state index contributed by atoms with van der Waals surface area (Å²) in [6.45, 7) is 1.38. The molecule has 0 fully saturated rings. The number of nitrogens with one attached hydrogen (secondary N) is 2. The molecule has 0 heterocycles. The highest BCUT2D eigenvalue weighted by molar-refractivity contribution is 6.31. The van der Waals surface area contributed by atoms with E-state index >= 15 is 0 Å². The Morgan fingerprint density at radius 3 is 2.50 bits per heavy atom. The van der Waals surface area contributed by atoms with Gasteiger partial charge in [0.05, 0.1) is 23.3 Å². The Bertz CT molecular complexity index is 918. The van der Waals surface area contributed by atoms with Crippen molar-refractivity contribution in [1.82, 2.24) is 0 Å². The Kier molecular flexibility index (Phi) is 6.78. The fourth-order valence-electron chi connectivity index (χ4n) is 2.32. The molecule has 9 nitrogen and oxygen atoms in total. The van der Waals surface area contributed by atoms with Gasteiger partial charge in [-0.05, 0) is 31.2 Å². The van der Waals surface area contributed by atoms with Crippen LogP contribution < -0.4 is 15.4 Å². The van der Waals surface area contributed by atoms with Gasteiger partial charge in [-0.2, -0.15) is 0 Å². The third-order valence-corrected chi connectivity index (χ3v) is 4.01. The second kappa shape index (κ2) is 9.05. The number of carbonyl (C=O) groups is 2. The van der Waals surface area contributed by atoms with Crippen molar-refractivity contribution in [3.8, 4) is 5.75 Å². The van der Waals surface area contributed by atoms with Crippen LogP contribution in [0, 0.1) is 10.1 Å². The average molecular weight is 408 g/mol. The molecule has 2 N–H and O–H groups in total. The fourth-order valence-corrected chi connectivity index (χ4v) is 2.49. The first kappa shape index (κ1) is 21.0. The minimum atomic E-state index is -1.18. The summed E-state index contributed by atoms with van der Waals surface area (Å²) in [5.41, 5.74) is 0.317. The van der Waals surface area contributed by atoms with E-state index in [4.69, 9.17) is 21.1 Å². The normalized spacial score (nSPS) is 11.3. The third-order valence-electron chi connectivity index (χ3n) is 3.78. The van der Waals surface area contributed by atoms with Crippen LogP contribution in [0.25, 0.3) is 0 Å². The highest BCUT2D eigenvalue weighted by atomic mass is 35.5. The van der Waals surface area contributed by atoms with Crippen molar-refractivity contribution < 1.29 is 24.0 Å². The van der Waals surface area contributed by atoms with Crippen LogP contribution in [0.5, 0.6) is 5.75 Å². The van der Waals surface area contributed by atoms with Crippen LogP contribution in [0.1, 0.15) is 17.3 Å². The molecule has 148 valence electrons. The predicted octanol–water partition coefficient (Wildman–Crippen LogP) is 3.48. The maximum absolute atomic E-state index is 12.4. The number of non-ortho nitro benzene ring substituents is 1. The Morgan fingerprint density at radius 1 is 1.18 bits per heavy atom. The molecule has 0 saturated carbocycles. The second-order valence-corrected chi connectivity index (χ2v) is 6.05. The van der Waals surface area contributed by atoms with Gasteiger partial charge in [0.25, 0.3) is 11.6 Å². The zero-order valence-electron chi connectivity index (χ0n) is 15.3. The lowest BCUT2D eigenvalue weighted by atomic mass is 10.1. The van der Waals surface area contributed by atoms with Gasteiger partial charge in [0.2, 0.25) is 0 Å². The topological polar surface area (TPSA) is 120 Å². The molecule has 0 unspecified atom stereocenters. The molecule has 0 spiro atoms. The standard InChI is InChI=1S/C18H18ClN3O6/c1-10(17(23)21-15-8-11(19)4-7-16(15)27-3)28-18(24)13-9-12(22(25)26)5-6-14(13)20-2/h4-10,20H,1-3H3,(H,21,23)/t10-/m0/s1. The number of nitrogens with zero attached hydrogens (tertiary/aromatic N) is 1. The third kappa shape index (κ3) is 4.89. The minimum Gasteiger partial charge on any atom is -0.495 e. The number of amides is 1. The first-order valence-electron chi connectivity index (χ1n) is 8.08. The SMILES string of the molecule is CNc1ccc([N+](=O)[O-])cc1C(=O)O[C@@H](C)C(=O)Nc1cc(Cl)ccc1OC. The zero-order valence-corrected chi connectivity index (χ0v) is 16.1. The number of halogens is 1.